The Morgan fingerprint density at radius 1 is 1.10 bits per heavy atom. The van der Waals surface area contributed by atoms with Crippen LogP contribution >= 0.6 is 0 Å². The lowest BCUT2D eigenvalue weighted by Gasteiger charge is -2.31. The van der Waals surface area contributed by atoms with Crippen LogP contribution in [0.2, 0.25) is 0 Å². The summed E-state index contributed by atoms with van der Waals surface area (Å²) in [5.74, 6) is 1.88. The minimum atomic E-state index is -0.198. The van der Waals surface area contributed by atoms with Crippen LogP contribution in [0.3, 0.4) is 0 Å². The summed E-state index contributed by atoms with van der Waals surface area (Å²) in [5.41, 5.74) is 2.62. The lowest BCUT2D eigenvalue weighted by atomic mass is 9.80. The van der Waals surface area contributed by atoms with Gasteiger partial charge in [0.2, 0.25) is 0 Å². The molecule has 1 atom stereocenters. The third kappa shape index (κ3) is 1.86. The van der Waals surface area contributed by atoms with Crippen molar-refractivity contribution in [3.63, 3.8) is 0 Å². The van der Waals surface area contributed by atoms with E-state index < -0.39 is 0 Å². The molecule has 1 heterocycles. The summed E-state index contributed by atoms with van der Waals surface area (Å²) in [4.78, 5) is 0. The minimum absolute atomic E-state index is 0.0464. The highest BCUT2D eigenvalue weighted by Gasteiger charge is 2.31. The van der Waals surface area contributed by atoms with E-state index in [-0.39, 0.29) is 18.3 Å². The van der Waals surface area contributed by atoms with Crippen LogP contribution in [0.25, 0.3) is 0 Å². The van der Waals surface area contributed by atoms with Crippen LogP contribution in [0.15, 0.2) is 36.4 Å². The Kier molecular flexibility index (Phi) is 3.14. The second kappa shape index (κ2) is 4.84. The number of para-hydroxylation sites is 1. The Morgan fingerprint density at radius 2 is 1.85 bits per heavy atom. The molecule has 2 aromatic carbocycles. The average Bonchev–Trinajstić information content (AvgIpc) is 2.45. The summed E-state index contributed by atoms with van der Waals surface area (Å²) in [6, 6.07) is 11.6. The summed E-state index contributed by atoms with van der Waals surface area (Å²) in [6.45, 7) is 4.12. The van der Waals surface area contributed by atoms with Gasteiger partial charge in [0.25, 0.3) is 0 Å². The number of hydrogen-bond donors (Lipinski definition) is 2. The van der Waals surface area contributed by atoms with Crippen molar-refractivity contribution in [2.24, 2.45) is 5.92 Å². The van der Waals surface area contributed by atoms with Gasteiger partial charge in [-0.25, -0.2) is 0 Å². The number of fused-ring (bicyclic) bond motifs is 2. The number of aliphatic hydroxyl groups excluding tert-OH is 1. The second-order valence-corrected chi connectivity index (χ2v) is 5.51. The van der Waals surface area contributed by atoms with Crippen molar-refractivity contribution in [2.45, 2.75) is 26.4 Å². The van der Waals surface area contributed by atoms with Crippen LogP contribution in [0.4, 0.5) is 0 Å². The van der Waals surface area contributed by atoms with Crippen LogP contribution in [0.5, 0.6) is 17.2 Å². The molecule has 1 unspecified atom stereocenters. The second-order valence-electron chi connectivity index (χ2n) is 5.51. The van der Waals surface area contributed by atoms with Crippen molar-refractivity contribution in [3.8, 4) is 17.2 Å². The highest BCUT2D eigenvalue weighted by atomic mass is 16.5. The number of ether oxygens (including phenoxy) is 1. The standard InChI is InChI=1S/C17H18O3/c1-10(2)15-12-5-3-4-6-14(12)20-17-13(15)8-7-11(9-18)16(17)19/h3-8,10,15,18-19H,9H2,1-2H3. The summed E-state index contributed by atoms with van der Waals surface area (Å²) in [7, 11) is 0. The van der Waals surface area contributed by atoms with Gasteiger partial charge < -0.3 is 14.9 Å². The molecule has 1 aliphatic rings. The zero-order valence-corrected chi connectivity index (χ0v) is 11.6. The molecular formula is C17H18O3. The van der Waals surface area contributed by atoms with E-state index in [2.05, 4.69) is 19.9 Å². The molecular weight excluding hydrogens is 252 g/mol. The Hall–Kier alpha value is -2.00. The number of aromatic hydroxyl groups is 1. The molecule has 2 aromatic rings. The zero-order valence-electron chi connectivity index (χ0n) is 11.6. The molecule has 0 spiro atoms. The molecule has 0 saturated carbocycles. The van der Waals surface area contributed by atoms with Gasteiger partial charge in [-0.1, -0.05) is 44.2 Å². The molecule has 1 aliphatic heterocycles. The molecule has 104 valence electrons. The molecule has 3 rings (SSSR count). The van der Waals surface area contributed by atoms with Gasteiger partial charge >= 0.3 is 0 Å². The molecule has 20 heavy (non-hydrogen) atoms. The van der Waals surface area contributed by atoms with E-state index in [4.69, 9.17) is 4.74 Å². The van der Waals surface area contributed by atoms with E-state index in [0.29, 0.717) is 17.2 Å². The fourth-order valence-corrected chi connectivity index (χ4v) is 2.93. The predicted molar refractivity (Wildman–Crippen MR) is 77.2 cm³/mol. The van der Waals surface area contributed by atoms with E-state index in [1.807, 2.05) is 24.3 Å². The van der Waals surface area contributed by atoms with E-state index in [1.165, 1.54) is 0 Å². The van der Waals surface area contributed by atoms with Crippen molar-refractivity contribution in [3.05, 3.63) is 53.1 Å². The molecule has 0 saturated heterocycles. The predicted octanol–water partition coefficient (Wildman–Crippen LogP) is 3.78. The Labute approximate surface area is 118 Å². The van der Waals surface area contributed by atoms with Crippen molar-refractivity contribution in [1.82, 2.24) is 0 Å². The van der Waals surface area contributed by atoms with Crippen molar-refractivity contribution in [2.75, 3.05) is 0 Å². The van der Waals surface area contributed by atoms with Gasteiger partial charge in [-0.3, -0.25) is 0 Å². The maximum atomic E-state index is 10.3. The zero-order chi connectivity index (χ0) is 14.3. The van der Waals surface area contributed by atoms with Gasteiger partial charge in [-0.15, -0.1) is 0 Å². The molecule has 0 amide bonds. The fraction of sp³-hybridized carbons (Fsp3) is 0.294. The first-order chi connectivity index (χ1) is 9.63. The summed E-state index contributed by atoms with van der Waals surface area (Å²) in [6.07, 6.45) is 0. The number of rotatable bonds is 2. The molecule has 0 radical (unpaired) electrons. The maximum absolute atomic E-state index is 10.3. The maximum Gasteiger partial charge on any atom is 0.173 e. The first kappa shape index (κ1) is 13.0. The molecule has 3 heteroatoms. The Bertz CT molecular complexity index is 647. The monoisotopic (exact) mass is 270 g/mol. The fourth-order valence-electron chi connectivity index (χ4n) is 2.93. The van der Waals surface area contributed by atoms with Gasteiger partial charge in [-0.05, 0) is 12.0 Å². The summed E-state index contributed by atoms with van der Waals surface area (Å²) in [5, 5.41) is 19.5. The molecule has 0 fully saturated rings. The van der Waals surface area contributed by atoms with E-state index in [0.717, 1.165) is 16.9 Å². The van der Waals surface area contributed by atoms with Crippen LogP contribution in [0, 0.1) is 5.92 Å². The lowest BCUT2D eigenvalue weighted by Crippen LogP contribution is -2.15. The van der Waals surface area contributed by atoms with Crippen LogP contribution in [-0.4, -0.2) is 10.2 Å². The van der Waals surface area contributed by atoms with E-state index >= 15 is 0 Å². The SMILES string of the molecule is CC(C)C1c2ccccc2Oc2c1ccc(CO)c2O. The van der Waals surface area contributed by atoms with E-state index in [9.17, 15) is 10.2 Å². The quantitative estimate of drug-likeness (QED) is 0.873. The summed E-state index contributed by atoms with van der Waals surface area (Å²) < 4.78 is 5.87. The highest BCUT2D eigenvalue weighted by Crippen LogP contribution is 2.51. The van der Waals surface area contributed by atoms with Crippen molar-refractivity contribution >= 4 is 0 Å². The van der Waals surface area contributed by atoms with Crippen molar-refractivity contribution in [1.29, 1.82) is 0 Å². The molecule has 0 bridgehead atoms. The van der Waals surface area contributed by atoms with Gasteiger partial charge in [0.1, 0.15) is 5.75 Å². The van der Waals surface area contributed by atoms with Gasteiger partial charge in [0, 0.05) is 22.6 Å². The molecule has 0 aliphatic carbocycles. The third-order valence-electron chi connectivity index (χ3n) is 3.88. The number of phenols is 1. The topological polar surface area (TPSA) is 49.7 Å². The van der Waals surface area contributed by atoms with Gasteiger partial charge in [0.15, 0.2) is 11.5 Å². The van der Waals surface area contributed by atoms with Gasteiger partial charge in [-0.2, -0.15) is 0 Å². The van der Waals surface area contributed by atoms with Crippen LogP contribution in [0.1, 0.15) is 36.5 Å². The molecule has 3 nitrogen and oxygen atoms in total. The first-order valence-electron chi connectivity index (χ1n) is 6.86. The van der Waals surface area contributed by atoms with Crippen LogP contribution < -0.4 is 4.74 Å². The number of aliphatic hydroxyl groups is 1. The lowest BCUT2D eigenvalue weighted by molar-refractivity contribution is 0.272. The molecule has 2 N–H and O–H groups in total. The Morgan fingerprint density at radius 3 is 2.55 bits per heavy atom. The van der Waals surface area contributed by atoms with Crippen molar-refractivity contribution < 1.29 is 14.9 Å². The Balaban J connectivity index is 2.22. The normalized spacial score (nSPS) is 16.5. The summed E-state index contributed by atoms with van der Waals surface area (Å²) >= 11 is 0. The average molecular weight is 270 g/mol. The molecule has 0 aromatic heterocycles. The van der Waals surface area contributed by atoms with E-state index in [1.54, 1.807) is 6.07 Å². The van der Waals surface area contributed by atoms with Gasteiger partial charge in [0.05, 0.1) is 6.61 Å². The highest BCUT2D eigenvalue weighted by molar-refractivity contribution is 5.60. The van der Waals surface area contributed by atoms with Crippen LogP contribution in [-0.2, 0) is 6.61 Å². The number of hydrogen-bond acceptors (Lipinski definition) is 3. The largest absolute Gasteiger partial charge is 0.504 e. The smallest absolute Gasteiger partial charge is 0.173 e. The number of benzene rings is 2. The minimum Gasteiger partial charge on any atom is -0.504 e. The third-order valence-corrected chi connectivity index (χ3v) is 3.88. The first-order valence-corrected chi connectivity index (χ1v) is 6.86.